The zero-order valence-corrected chi connectivity index (χ0v) is 13.6. The van der Waals surface area contributed by atoms with Crippen LogP contribution in [0.3, 0.4) is 0 Å². The van der Waals surface area contributed by atoms with Gasteiger partial charge in [-0.1, -0.05) is 15.9 Å². The smallest absolute Gasteiger partial charge is 0.328 e. The Bertz CT molecular complexity index is 533. The third kappa shape index (κ3) is 4.86. The summed E-state index contributed by atoms with van der Waals surface area (Å²) in [6.07, 6.45) is 6.08. The standard InChI is InChI=1S/C16H19BrO4/c1-11-8-13(17)9-12(5-6-15(18)19)16(11)21-10-14-4-2-3-7-20-14/h5-6,8-9,14H,2-4,7,10H2,1H3,(H,18,19)/b6-5+. The van der Waals surface area contributed by atoms with E-state index < -0.39 is 5.97 Å². The van der Waals surface area contributed by atoms with Gasteiger partial charge >= 0.3 is 5.97 Å². The van der Waals surface area contributed by atoms with E-state index in [1.165, 1.54) is 6.42 Å². The van der Waals surface area contributed by atoms with Crippen LogP contribution in [0.25, 0.3) is 6.08 Å². The lowest BCUT2D eigenvalue weighted by atomic mass is 10.1. The van der Waals surface area contributed by atoms with Crippen molar-refractivity contribution in [2.24, 2.45) is 0 Å². The number of ether oxygens (including phenoxy) is 2. The number of carbonyl (C=O) groups is 1. The summed E-state index contributed by atoms with van der Waals surface area (Å²) in [5, 5.41) is 8.78. The van der Waals surface area contributed by atoms with Crippen LogP contribution in [0.2, 0.25) is 0 Å². The van der Waals surface area contributed by atoms with E-state index in [1.54, 1.807) is 6.08 Å². The van der Waals surface area contributed by atoms with Gasteiger partial charge in [0, 0.05) is 22.7 Å². The van der Waals surface area contributed by atoms with E-state index in [1.807, 2.05) is 19.1 Å². The zero-order chi connectivity index (χ0) is 15.2. The van der Waals surface area contributed by atoms with Crippen molar-refractivity contribution in [2.45, 2.75) is 32.3 Å². The van der Waals surface area contributed by atoms with Crippen LogP contribution in [-0.2, 0) is 9.53 Å². The fourth-order valence-corrected chi connectivity index (χ4v) is 2.94. The van der Waals surface area contributed by atoms with Crippen LogP contribution in [0.1, 0.15) is 30.4 Å². The normalized spacial score (nSPS) is 18.9. The van der Waals surface area contributed by atoms with E-state index in [9.17, 15) is 4.79 Å². The second kappa shape index (κ2) is 7.61. The summed E-state index contributed by atoms with van der Waals surface area (Å²) < 4.78 is 12.5. The lowest BCUT2D eigenvalue weighted by molar-refractivity contribution is -0.131. The average molecular weight is 355 g/mol. The minimum atomic E-state index is -0.978. The molecule has 0 bridgehead atoms. The number of rotatable bonds is 5. The first-order valence-corrected chi connectivity index (χ1v) is 7.81. The topological polar surface area (TPSA) is 55.8 Å². The van der Waals surface area contributed by atoms with Gasteiger partial charge in [-0.15, -0.1) is 0 Å². The minimum Gasteiger partial charge on any atom is -0.490 e. The minimum absolute atomic E-state index is 0.123. The number of carboxylic acid groups (broad SMARTS) is 1. The Balaban J connectivity index is 2.14. The maximum atomic E-state index is 10.7. The highest BCUT2D eigenvalue weighted by Gasteiger charge is 2.16. The lowest BCUT2D eigenvalue weighted by Crippen LogP contribution is -2.26. The Morgan fingerprint density at radius 1 is 1.52 bits per heavy atom. The first-order chi connectivity index (χ1) is 10.1. The van der Waals surface area contributed by atoms with Gasteiger partial charge in [-0.25, -0.2) is 4.79 Å². The number of aliphatic carboxylic acids is 1. The van der Waals surface area contributed by atoms with E-state index >= 15 is 0 Å². The summed E-state index contributed by atoms with van der Waals surface area (Å²) in [5.41, 5.74) is 1.71. The molecule has 0 amide bonds. The number of carboxylic acids is 1. The van der Waals surface area contributed by atoms with Crippen LogP contribution in [0.4, 0.5) is 0 Å². The largest absolute Gasteiger partial charge is 0.490 e. The highest BCUT2D eigenvalue weighted by molar-refractivity contribution is 9.10. The summed E-state index contributed by atoms with van der Waals surface area (Å²) in [7, 11) is 0. The number of hydrogen-bond donors (Lipinski definition) is 1. The molecule has 21 heavy (non-hydrogen) atoms. The number of aryl methyl sites for hydroxylation is 1. The van der Waals surface area contributed by atoms with Crippen LogP contribution in [0, 0.1) is 6.92 Å². The summed E-state index contributed by atoms with van der Waals surface area (Å²) in [6.45, 7) is 3.23. The van der Waals surface area contributed by atoms with Crippen LogP contribution in [0.5, 0.6) is 5.75 Å². The fourth-order valence-electron chi connectivity index (χ4n) is 2.35. The predicted molar refractivity (Wildman–Crippen MR) is 84.6 cm³/mol. The molecular formula is C16H19BrO4. The Morgan fingerprint density at radius 3 is 3.00 bits per heavy atom. The monoisotopic (exact) mass is 354 g/mol. The summed E-state index contributed by atoms with van der Waals surface area (Å²) >= 11 is 3.42. The molecule has 1 N–H and O–H groups in total. The molecule has 1 aliphatic heterocycles. The molecule has 1 saturated heterocycles. The van der Waals surface area contributed by atoms with Crippen LogP contribution in [-0.4, -0.2) is 30.4 Å². The molecule has 4 nitrogen and oxygen atoms in total. The molecule has 0 aromatic heterocycles. The highest BCUT2D eigenvalue weighted by atomic mass is 79.9. The molecule has 0 saturated carbocycles. The molecule has 5 heteroatoms. The third-order valence-electron chi connectivity index (χ3n) is 3.36. The van der Waals surface area contributed by atoms with Gasteiger partial charge in [0.1, 0.15) is 12.4 Å². The third-order valence-corrected chi connectivity index (χ3v) is 3.82. The molecule has 0 radical (unpaired) electrons. The van der Waals surface area contributed by atoms with Crippen LogP contribution in [0.15, 0.2) is 22.7 Å². The Morgan fingerprint density at radius 2 is 2.33 bits per heavy atom. The molecule has 0 spiro atoms. The van der Waals surface area contributed by atoms with Crippen molar-refractivity contribution in [3.63, 3.8) is 0 Å². The van der Waals surface area contributed by atoms with E-state index in [2.05, 4.69) is 15.9 Å². The van der Waals surface area contributed by atoms with Crippen molar-refractivity contribution in [1.82, 2.24) is 0 Å². The Hall–Kier alpha value is -1.33. The molecule has 0 aliphatic carbocycles. The van der Waals surface area contributed by atoms with Crippen molar-refractivity contribution >= 4 is 28.0 Å². The van der Waals surface area contributed by atoms with Crippen molar-refractivity contribution in [3.8, 4) is 5.75 Å². The van der Waals surface area contributed by atoms with E-state index in [0.29, 0.717) is 12.4 Å². The molecule has 114 valence electrons. The van der Waals surface area contributed by atoms with E-state index in [0.717, 1.165) is 41.1 Å². The molecule has 1 aromatic carbocycles. The second-order valence-electron chi connectivity index (χ2n) is 5.11. The van der Waals surface area contributed by atoms with Gasteiger partial charge in [-0.05, 0) is 50.0 Å². The maximum Gasteiger partial charge on any atom is 0.328 e. The van der Waals surface area contributed by atoms with Gasteiger partial charge in [-0.3, -0.25) is 0 Å². The van der Waals surface area contributed by atoms with Gasteiger partial charge in [0.05, 0.1) is 6.10 Å². The molecule has 1 aromatic rings. The molecule has 1 fully saturated rings. The van der Waals surface area contributed by atoms with Gasteiger partial charge in [0.2, 0.25) is 0 Å². The number of hydrogen-bond acceptors (Lipinski definition) is 3. The van der Waals surface area contributed by atoms with Crippen molar-refractivity contribution in [3.05, 3.63) is 33.8 Å². The molecule has 1 unspecified atom stereocenters. The quantitative estimate of drug-likeness (QED) is 0.817. The average Bonchev–Trinajstić information content (AvgIpc) is 2.45. The maximum absolute atomic E-state index is 10.7. The van der Waals surface area contributed by atoms with Gasteiger partial charge in [-0.2, -0.15) is 0 Å². The van der Waals surface area contributed by atoms with Gasteiger partial charge in [0.15, 0.2) is 0 Å². The molecular weight excluding hydrogens is 336 g/mol. The highest BCUT2D eigenvalue weighted by Crippen LogP contribution is 2.30. The molecule has 1 heterocycles. The SMILES string of the molecule is Cc1cc(Br)cc(/C=C/C(=O)O)c1OCC1CCCCO1. The summed E-state index contributed by atoms with van der Waals surface area (Å²) in [6, 6.07) is 3.80. The molecule has 2 rings (SSSR count). The van der Waals surface area contributed by atoms with Crippen molar-refractivity contribution in [1.29, 1.82) is 0 Å². The fraction of sp³-hybridized carbons (Fsp3) is 0.438. The van der Waals surface area contributed by atoms with Gasteiger partial charge < -0.3 is 14.6 Å². The van der Waals surface area contributed by atoms with Crippen LogP contribution < -0.4 is 4.74 Å². The number of halogens is 1. The predicted octanol–water partition coefficient (Wildman–Crippen LogP) is 3.80. The van der Waals surface area contributed by atoms with Crippen LogP contribution >= 0.6 is 15.9 Å². The first-order valence-electron chi connectivity index (χ1n) is 7.02. The van der Waals surface area contributed by atoms with E-state index in [4.69, 9.17) is 14.6 Å². The van der Waals surface area contributed by atoms with Crippen molar-refractivity contribution < 1.29 is 19.4 Å². The molecule has 1 atom stereocenters. The van der Waals surface area contributed by atoms with E-state index in [-0.39, 0.29) is 6.10 Å². The number of benzene rings is 1. The molecule has 1 aliphatic rings. The second-order valence-corrected chi connectivity index (χ2v) is 6.03. The summed E-state index contributed by atoms with van der Waals surface area (Å²) in [5.74, 6) is -0.265. The zero-order valence-electron chi connectivity index (χ0n) is 12.0. The first kappa shape index (κ1) is 16.0. The lowest BCUT2D eigenvalue weighted by Gasteiger charge is -2.23. The van der Waals surface area contributed by atoms with Gasteiger partial charge in [0.25, 0.3) is 0 Å². The van der Waals surface area contributed by atoms with Crippen molar-refractivity contribution in [2.75, 3.05) is 13.2 Å². The Kier molecular flexibility index (Phi) is 5.82. The Labute approximate surface area is 132 Å². The summed E-state index contributed by atoms with van der Waals surface area (Å²) in [4.78, 5) is 10.7.